The fourth-order valence-corrected chi connectivity index (χ4v) is 2.43. The Morgan fingerprint density at radius 1 is 1.19 bits per heavy atom. The molecule has 21 heavy (non-hydrogen) atoms. The topological polar surface area (TPSA) is 68.9 Å². The number of anilines is 1. The molecule has 0 bridgehead atoms. The lowest BCUT2D eigenvalue weighted by Gasteiger charge is -2.15. The van der Waals surface area contributed by atoms with Crippen LogP contribution in [0.4, 0.5) is 5.69 Å². The third-order valence-corrected chi connectivity index (χ3v) is 3.76. The minimum atomic E-state index is -0.358. The van der Waals surface area contributed by atoms with Crippen LogP contribution in [0, 0.1) is 0 Å². The Kier molecular flexibility index (Phi) is 4.45. The first kappa shape index (κ1) is 15.3. The number of nitrogens with one attached hydrogen (secondary N) is 1. The minimum Gasteiger partial charge on any atom is -0.384 e. The standard InChI is InChI=1S/C15H22N4O2/c1-5-7-8-16-12-10(6-2)9-17-13-11(12)14(20)19(4)15(21)18(13)3/h9H,5-8H2,1-4H3,(H,16,17). The van der Waals surface area contributed by atoms with E-state index in [9.17, 15) is 9.59 Å². The Hall–Kier alpha value is -2.11. The van der Waals surface area contributed by atoms with Crippen molar-refractivity contribution < 1.29 is 0 Å². The van der Waals surface area contributed by atoms with E-state index in [0.29, 0.717) is 11.0 Å². The molecule has 2 aromatic rings. The monoisotopic (exact) mass is 290 g/mol. The van der Waals surface area contributed by atoms with Crippen LogP contribution in [0.25, 0.3) is 11.0 Å². The molecule has 1 N–H and O–H groups in total. The van der Waals surface area contributed by atoms with Gasteiger partial charge in [0.15, 0.2) is 5.65 Å². The van der Waals surface area contributed by atoms with Gasteiger partial charge in [-0.3, -0.25) is 13.9 Å². The number of fused-ring (bicyclic) bond motifs is 1. The highest BCUT2D eigenvalue weighted by Gasteiger charge is 2.16. The molecule has 6 heteroatoms. The van der Waals surface area contributed by atoms with Crippen molar-refractivity contribution in [2.24, 2.45) is 14.1 Å². The molecule has 2 heterocycles. The van der Waals surface area contributed by atoms with Crippen molar-refractivity contribution in [3.8, 4) is 0 Å². The summed E-state index contributed by atoms with van der Waals surface area (Å²) < 4.78 is 2.55. The molecule has 0 saturated heterocycles. The van der Waals surface area contributed by atoms with E-state index in [-0.39, 0.29) is 11.2 Å². The van der Waals surface area contributed by atoms with Gasteiger partial charge in [-0.05, 0) is 18.4 Å². The lowest BCUT2D eigenvalue weighted by molar-refractivity contribution is 0.707. The normalized spacial score (nSPS) is 11.0. The first-order valence-electron chi connectivity index (χ1n) is 7.34. The Bertz CT molecular complexity index is 774. The van der Waals surface area contributed by atoms with Gasteiger partial charge in [-0.1, -0.05) is 20.3 Å². The van der Waals surface area contributed by atoms with Gasteiger partial charge in [0, 0.05) is 26.8 Å². The van der Waals surface area contributed by atoms with Crippen molar-refractivity contribution in [3.05, 3.63) is 32.6 Å². The van der Waals surface area contributed by atoms with Gasteiger partial charge in [-0.2, -0.15) is 0 Å². The molecule has 0 aliphatic rings. The average Bonchev–Trinajstić information content (AvgIpc) is 2.50. The second kappa shape index (κ2) is 6.11. The Balaban J connectivity index is 2.79. The van der Waals surface area contributed by atoms with Gasteiger partial charge in [0.1, 0.15) is 5.39 Å². The van der Waals surface area contributed by atoms with Gasteiger partial charge in [0.05, 0.1) is 5.69 Å². The zero-order valence-electron chi connectivity index (χ0n) is 13.1. The molecule has 0 spiro atoms. The Labute approximate surface area is 123 Å². The van der Waals surface area contributed by atoms with Crippen LogP contribution in [0.15, 0.2) is 15.8 Å². The van der Waals surface area contributed by atoms with Gasteiger partial charge >= 0.3 is 5.69 Å². The predicted molar refractivity (Wildman–Crippen MR) is 85.0 cm³/mol. The molecule has 0 aliphatic heterocycles. The van der Waals surface area contributed by atoms with Crippen LogP contribution in [-0.2, 0) is 20.5 Å². The van der Waals surface area contributed by atoms with Crippen molar-refractivity contribution in [2.45, 2.75) is 33.1 Å². The highest BCUT2D eigenvalue weighted by atomic mass is 16.2. The second-order valence-electron chi connectivity index (χ2n) is 5.20. The van der Waals surface area contributed by atoms with E-state index in [2.05, 4.69) is 17.2 Å². The lowest BCUT2D eigenvalue weighted by Crippen LogP contribution is -2.37. The first-order chi connectivity index (χ1) is 10.0. The third kappa shape index (κ3) is 2.57. The molecule has 2 rings (SSSR count). The third-order valence-electron chi connectivity index (χ3n) is 3.76. The van der Waals surface area contributed by atoms with Gasteiger partial charge < -0.3 is 5.32 Å². The van der Waals surface area contributed by atoms with Crippen LogP contribution in [0.3, 0.4) is 0 Å². The number of hydrogen-bond donors (Lipinski definition) is 1. The van der Waals surface area contributed by atoms with Crippen molar-refractivity contribution in [3.63, 3.8) is 0 Å². The summed E-state index contributed by atoms with van der Waals surface area (Å²) >= 11 is 0. The summed E-state index contributed by atoms with van der Waals surface area (Å²) in [4.78, 5) is 28.8. The Morgan fingerprint density at radius 2 is 1.90 bits per heavy atom. The zero-order chi connectivity index (χ0) is 15.6. The first-order valence-corrected chi connectivity index (χ1v) is 7.34. The molecule has 0 atom stereocenters. The molecule has 0 aromatic carbocycles. The Morgan fingerprint density at radius 3 is 2.52 bits per heavy atom. The molecule has 0 aliphatic carbocycles. The molecule has 6 nitrogen and oxygen atoms in total. The SMILES string of the molecule is CCCCNc1c(CC)cnc2c1c(=O)n(C)c(=O)n2C. The van der Waals surface area contributed by atoms with Crippen LogP contribution in [0.1, 0.15) is 32.3 Å². The predicted octanol–water partition coefficient (Wildman–Crippen LogP) is 1.41. The fourth-order valence-electron chi connectivity index (χ4n) is 2.43. The van der Waals surface area contributed by atoms with E-state index in [1.54, 1.807) is 13.2 Å². The van der Waals surface area contributed by atoms with Gasteiger partial charge in [-0.15, -0.1) is 0 Å². The van der Waals surface area contributed by atoms with E-state index in [0.717, 1.165) is 41.6 Å². The highest BCUT2D eigenvalue weighted by Crippen LogP contribution is 2.22. The summed E-state index contributed by atoms with van der Waals surface area (Å²) in [6.45, 7) is 4.95. The van der Waals surface area contributed by atoms with Gasteiger partial charge in [0.25, 0.3) is 5.56 Å². The van der Waals surface area contributed by atoms with Crippen molar-refractivity contribution >= 4 is 16.7 Å². The van der Waals surface area contributed by atoms with E-state index in [4.69, 9.17) is 0 Å². The number of aromatic nitrogens is 3. The minimum absolute atomic E-state index is 0.296. The van der Waals surface area contributed by atoms with E-state index < -0.39 is 0 Å². The summed E-state index contributed by atoms with van der Waals surface area (Å²) in [6.07, 6.45) is 4.63. The molecule has 0 radical (unpaired) electrons. The molecule has 2 aromatic heterocycles. The maximum Gasteiger partial charge on any atom is 0.332 e. The molecule has 114 valence electrons. The summed E-state index contributed by atoms with van der Waals surface area (Å²) in [5, 5.41) is 3.85. The van der Waals surface area contributed by atoms with Gasteiger partial charge in [0.2, 0.25) is 0 Å². The van der Waals surface area contributed by atoms with Crippen molar-refractivity contribution in [1.29, 1.82) is 0 Å². The van der Waals surface area contributed by atoms with Crippen molar-refractivity contribution in [1.82, 2.24) is 14.1 Å². The molecule has 0 fully saturated rings. The lowest BCUT2D eigenvalue weighted by atomic mass is 10.1. The molecule has 0 amide bonds. The number of aryl methyl sites for hydroxylation is 2. The number of rotatable bonds is 5. The molecule has 0 unspecified atom stereocenters. The number of unbranched alkanes of at least 4 members (excludes halogenated alkanes) is 1. The van der Waals surface area contributed by atoms with Crippen molar-refractivity contribution in [2.75, 3.05) is 11.9 Å². The smallest absolute Gasteiger partial charge is 0.332 e. The van der Waals surface area contributed by atoms with E-state index >= 15 is 0 Å². The van der Waals surface area contributed by atoms with Gasteiger partial charge in [-0.25, -0.2) is 9.78 Å². The van der Waals surface area contributed by atoms with E-state index in [1.165, 1.54) is 11.6 Å². The average molecular weight is 290 g/mol. The summed E-state index contributed by atoms with van der Waals surface area (Å²) in [6, 6.07) is 0. The maximum atomic E-state index is 12.5. The molecule has 0 saturated carbocycles. The summed E-state index contributed by atoms with van der Waals surface area (Å²) in [5.74, 6) is 0. The van der Waals surface area contributed by atoms with Crippen LogP contribution < -0.4 is 16.6 Å². The van der Waals surface area contributed by atoms with Crippen LogP contribution in [-0.4, -0.2) is 20.7 Å². The zero-order valence-corrected chi connectivity index (χ0v) is 13.1. The fraction of sp³-hybridized carbons (Fsp3) is 0.533. The largest absolute Gasteiger partial charge is 0.384 e. The summed E-state index contributed by atoms with van der Waals surface area (Å²) in [7, 11) is 3.14. The van der Waals surface area contributed by atoms with Crippen LogP contribution >= 0.6 is 0 Å². The van der Waals surface area contributed by atoms with E-state index in [1.807, 2.05) is 6.92 Å². The molecular weight excluding hydrogens is 268 g/mol. The van der Waals surface area contributed by atoms with Crippen LogP contribution in [0.5, 0.6) is 0 Å². The number of pyridine rings is 1. The molecular formula is C15H22N4O2. The van der Waals surface area contributed by atoms with Crippen LogP contribution in [0.2, 0.25) is 0 Å². The number of nitrogens with zero attached hydrogens (tertiary/aromatic N) is 3. The second-order valence-corrected chi connectivity index (χ2v) is 5.20. The highest BCUT2D eigenvalue weighted by molar-refractivity contribution is 5.90. The quantitative estimate of drug-likeness (QED) is 0.845. The summed E-state index contributed by atoms with van der Waals surface area (Å²) in [5.41, 5.74) is 1.58. The number of hydrogen-bond acceptors (Lipinski definition) is 4. The maximum absolute atomic E-state index is 12.5.